The van der Waals surface area contributed by atoms with Gasteiger partial charge >= 0.3 is 196 Å². The zero-order valence-electron chi connectivity index (χ0n) is 17.6. The van der Waals surface area contributed by atoms with Gasteiger partial charge in [-0.2, -0.15) is 0 Å². The molecule has 0 radical (unpaired) electrons. The van der Waals surface area contributed by atoms with E-state index in [0.29, 0.717) is 21.4 Å². The summed E-state index contributed by atoms with van der Waals surface area (Å²) in [5, 5.41) is 0. The normalized spacial score (nSPS) is 29.7. The van der Waals surface area contributed by atoms with Gasteiger partial charge in [0, 0.05) is 0 Å². The van der Waals surface area contributed by atoms with Crippen LogP contribution in [0.15, 0.2) is 70.8 Å². The Labute approximate surface area is 195 Å². The number of allylic oxidation sites excluding steroid dienone is 4. The fourth-order valence-electron chi connectivity index (χ4n) is 7.44. The van der Waals surface area contributed by atoms with Crippen LogP contribution in [0, 0.1) is 17.8 Å². The molecular weight excluding hydrogens is 574 g/mol. The van der Waals surface area contributed by atoms with E-state index >= 15 is 0 Å². The Balaban J connectivity index is 1.46. The molecule has 1 fully saturated rings. The number of halogens is 2. The molecule has 30 heavy (non-hydrogen) atoms. The number of rotatable bonds is 2. The van der Waals surface area contributed by atoms with Crippen LogP contribution in [0.3, 0.4) is 0 Å². The Kier molecular flexibility index (Phi) is 4.98. The minimum atomic E-state index is -2.56. The summed E-state index contributed by atoms with van der Waals surface area (Å²) in [5.74, 6) is 2.60. The van der Waals surface area contributed by atoms with Crippen LogP contribution >= 0.6 is 17.2 Å². The van der Waals surface area contributed by atoms with E-state index in [4.69, 9.17) is 17.2 Å². The van der Waals surface area contributed by atoms with Crippen molar-refractivity contribution in [3.8, 4) is 11.1 Å². The molecule has 0 aromatic heterocycles. The van der Waals surface area contributed by atoms with Crippen molar-refractivity contribution in [2.24, 2.45) is 17.8 Å². The van der Waals surface area contributed by atoms with Gasteiger partial charge in [-0.15, -0.1) is 0 Å². The molecule has 153 valence electrons. The van der Waals surface area contributed by atoms with E-state index in [-0.39, 0.29) is 0 Å². The summed E-state index contributed by atoms with van der Waals surface area (Å²) in [4.78, 5) is 0. The van der Waals surface area contributed by atoms with Crippen LogP contribution in [0.2, 0.25) is 3.67 Å². The van der Waals surface area contributed by atoms with Crippen LogP contribution in [0.5, 0.6) is 0 Å². The van der Waals surface area contributed by atoms with Crippen molar-refractivity contribution in [2.75, 3.05) is 0 Å². The van der Waals surface area contributed by atoms with Gasteiger partial charge in [-0.25, -0.2) is 0 Å². The topological polar surface area (TPSA) is 0 Å². The summed E-state index contributed by atoms with van der Waals surface area (Å²) >= 11 is -2.56. The predicted octanol–water partition coefficient (Wildman–Crippen LogP) is 8.60. The van der Waals surface area contributed by atoms with Gasteiger partial charge in [-0.3, -0.25) is 0 Å². The molecule has 6 rings (SSSR count). The maximum absolute atomic E-state index is 6.74. The minimum absolute atomic E-state index is 0.450. The second-order valence-electron chi connectivity index (χ2n) is 9.67. The van der Waals surface area contributed by atoms with Crippen molar-refractivity contribution in [1.82, 2.24) is 0 Å². The average molecular weight is 601 g/mol. The van der Waals surface area contributed by atoms with Gasteiger partial charge in [-0.1, -0.05) is 0 Å². The number of fused-ring (bicyclic) bond motifs is 4. The summed E-state index contributed by atoms with van der Waals surface area (Å²) in [5.41, 5.74) is 12.6. The molecule has 3 heteroatoms. The van der Waals surface area contributed by atoms with E-state index in [1.54, 1.807) is 33.4 Å². The van der Waals surface area contributed by atoms with Gasteiger partial charge in [-0.05, 0) is 0 Å². The molecule has 0 amide bonds. The molecule has 2 bridgehead atoms. The second-order valence-corrected chi connectivity index (χ2v) is 22.1. The quantitative estimate of drug-likeness (QED) is 0.303. The third-order valence-electron chi connectivity index (χ3n) is 8.58. The standard InChI is InChI=1S/C27H27.2ClH.Hf/c1-16-15-18-11-12-25(20-14-13-19(16)26(18)17(20)2)27-23-9-5-3-7-21(23)22-8-4-6-10-24(22)27;;;/h3-10,15,17,20,25,27H,11-14H2,1-2H3;2*1H;/q;;;+2/p-2. The van der Waals surface area contributed by atoms with Crippen LogP contribution in [0.1, 0.15) is 56.6 Å². The molecule has 1 saturated carbocycles. The third kappa shape index (κ3) is 2.74. The first kappa shape index (κ1) is 20.0. The average Bonchev–Trinajstić information content (AvgIpc) is 3.21. The molecule has 0 heterocycles. The summed E-state index contributed by atoms with van der Waals surface area (Å²) in [6, 6.07) is 18.3. The van der Waals surface area contributed by atoms with Crippen molar-refractivity contribution in [3.05, 3.63) is 82.0 Å². The zero-order valence-corrected chi connectivity index (χ0v) is 22.7. The molecule has 0 aliphatic heterocycles. The first-order valence-electron chi connectivity index (χ1n) is 11.4. The van der Waals surface area contributed by atoms with Crippen molar-refractivity contribution < 1.29 is 19.1 Å². The van der Waals surface area contributed by atoms with Crippen molar-refractivity contribution in [2.45, 2.75) is 49.1 Å². The van der Waals surface area contributed by atoms with Crippen LogP contribution < -0.4 is 0 Å². The molecule has 0 spiro atoms. The van der Waals surface area contributed by atoms with E-state index in [2.05, 4.69) is 62.4 Å². The third-order valence-corrected chi connectivity index (χ3v) is 16.5. The fraction of sp³-hybridized carbons (Fsp3) is 0.407. The van der Waals surface area contributed by atoms with Crippen LogP contribution in [-0.4, -0.2) is 0 Å². The van der Waals surface area contributed by atoms with Crippen LogP contribution in [0.4, 0.5) is 0 Å². The predicted molar refractivity (Wildman–Crippen MR) is 124 cm³/mol. The van der Waals surface area contributed by atoms with E-state index in [0.717, 1.165) is 5.92 Å². The van der Waals surface area contributed by atoms with E-state index in [1.807, 2.05) is 0 Å². The van der Waals surface area contributed by atoms with Gasteiger partial charge in [0.05, 0.1) is 0 Å². The van der Waals surface area contributed by atoms with Gasteiger partial charge in [0.2, 0.25) is 0 Å². The van der Waals surface area contributed by atoms with Gasteiger partial charge in [0.25, 0.3) is 0 Å². The molecule has 0 N–H and O–H groups in total. The van der Waals surface area contributed by atoms with Gasteiger partial charge < -0.3 is 0 Å². The Morgan fingerprint density at radius 2 is 1.43 bits per heavy atom. The number of hydrogen-bond donors (Lipinski definition) is 0. The van der Waals surface area contributed by atoms with Crippen molar-refractivity contribution in [1.29, 1.82) is 0 Å². The first-order valence-corrected chi connectivity index (χ1v) is 22.3. The molecule has 2 aromatic rings. The Hall–Kier alpha value is -0.630. The molecule has 2 aromatic carbocycles. The summed E-state index contributed by atoms with van der Waals surface area (Å²) in [7, 11) is 13.5. The Bertz CT molecular complexity index is 1050. The van der Waals surface area contributed by atoms with Crippen molar-refractivity contribution in [3.63, 3.8) is 0 Å². The second kappa shape index (κ2) is 7.46. The summed E-state index contributed by atoms with van der Waals surface area (Å²) in [6.45, 7) is 4.84. The van der Waals surface area contributed by atoms with Crippen molar-refractivity contribution >= 4 is 17.2 Å². The molecular formula is C27H27Cl2Hf. The summed E-state index contributed by atoms with van der Waals surface area (Å²) in [6.07, 6.45) is 5.01. The van der Waals surface area contributed by atoms with E-state index < -0.39 is 19.1 Å². The number of benzene rings is 2. The molecule has 0 nitrogen and oxygen atoms in total. The molecule has 4 unspecified atom stereocenters. The van der Waals surface area contributed by atoms with E-state index in [1.165, 1.54) is 36.8 Å². The zero-order chi connectivity index (χ0) is 20.6. The van der Waals surface area contributed by atoms with Gasteiger partial charge in [0.15, 0.2) is 0 Å². The maximum atomic E-state index is 6.74. The van der Waals surface area contributed by atoms with Gasteiger partial charge in [0.1, 0.15) is 0 Å². The number of hydrogen-bond acceptors (Lipinski definition) is 0. The summed E-state index contributed by atoms with van der Waals surface area (Å²) < 4.78 is 0.450. The Morgan fingerprint density at radius 3 is 2.07 bits per heavy atom. The monoisotopic (exact) mass is 601 g/mol. The molecule has 0 saturated heterocycles. The SMILES string of the molecule is CC1=C2CCC3C(C)C2=C(CCC3C2c3ccccc3-c3ccccc32)[CH]1[Hf]([Cl])[Cl]. The molecule has 4 aliphatic carbocycles. The van der Waals surface area contributed by atoms with Crippen LogP contribution in [-0.2, 0) is 19.1 Å². The van der Waals surface area contributed by atoms with Crippen LogP contribution in [0.25, 0.3) is 11.1 Å². The fourth-order valence-corrected chi connectivity index (χ4v) is 16.1. The molecule has 4 aliphatic rings. The Morgan fingerprint density at radius 1 is 0.833 bits per heavy atom. The van der Waals surface area contributed by atoms with E-state index in [9.17, 15) is 0 Å². The molecule has 4 atom stereocenters. The first-order chi connectivity index (χ1) is 14.6.